The van der Waals surface area contributed by atoms with E-state index in [0.717, 1.165) is 42.6 Å². The predicted molar refractivity (Wildman–Crippen MR) is 145 cm³/mol. The molecule has 0 radical (unpaired) electrons. The summed E-state index contributed by atoms with van der Waals surface area (Å²) >= 11 is 0. The van der Waals surface area contributed by atoms with Crippen LogP contribution in [0.25, 0.3) is 22.3 Å². The number of benzene rings is 3. The lowest BCUT2D eigenvalue weighted by molar-refractivity contribution is 0.0601. The standard InChI is InChI=1S/C31H29N3O2/c1-34-14-13-24-16-26(33-30-28(31(35)36-2)17-25(19-32-30)21-11-12-21)18-27(29(24)34)23-10-6-9-22(15-23)20-7-4-3-5-8-20/h3-10,15-19,21H,11-14H2,1-2H3,(H,32,33). The Kier molecular flexibility index (Phi) is 5.68. The third-order valence-corrected chi connectivity index (χ3v) is 7.19. The van der Waals surface area contributed by atoms with E-state index in [9.17, 15) is 4.79 Å². The van der Waals surface area contributed by atoms with Crippen LogP contribution in [0.15, 0.2) is 79.0 Å². The molecular formula is C31H29N3O2. The van der Waals surface area contributed by atoms with Crippen LogP contribution in [0.1, 0.15) is 40.2 Å². The zero-order valence-electron chi connectivity index (χ0n) is 20.6. The summed E-state index contributed by atoms with van der Waals surface area (Å²) in [6.45, 7) is 0.978. The van der Waals surface area contributed by atoms with Crippen molar-refractivity contribution in [2.24, 2.45) is 0 Å². The molecule has 3 aromatic carbocycles. The van der Waals surface area contributed by atoms with Gasteiger partial charge in [-0.3, -0.25) is 0 Å². The van der Waals surface area contributed by atoms with Gasteiger partial charge in [0.15, 0.2) is 0 Å². The highest BCUT2D eigenvalue weighted by atomic mass is 16.5. The Labute approximate surface area is 211 Å². The third-order valence-electron chi connectivity index (χ3n) is 7.19. The molecule has 5 heteroatoms. The fraction of sp³-hybridized carbons (Fsp3) is 0.226. The van der Waals surface area contributed by atoms with Gasteiger partial charge in [0.1, 0.15) is 11.4 Å². The van der Waals surface area contributed by atoms with Crippen LogP contribution in [0, 0.1) is 0 Å². The average Bonchev–Trinajstić information content (AvgIpc) is 3.71. The van der Waals surface area contributed by atoms with Gasteiger partial charge in [0, 0.05) is 36.7 Å². The molecule has 1 aliphatic heterocycles. The molecule has 0 amide bonds. The summed E-state index contributed by atoms with van der Waals surface area (Å²) in [5.41, 5.74) is 9.76. The molecule has 2 aliphatic rings. The number of nitrogens with one attached hydrogen (secondary N) is 1. The highest BCUT2D eigenvalue weighted by molar-refractivity contribution is 5.96. The summed E-state index contributed by atoms with van der Waals surface area (Å²) in [5, 5.41) is 3.44. The van der Waals surface area contributed by atoms with Gasteiger partial charge < -0.3 is 15.0 Å². The van der Waals surface area contributed by atoms with Crippen molar-refractivity contribution in [1.82, 2.24) is 4.98 Å². The van der Waals surface area contributed by atoms with E-state index >= 15 is 0 Å². The number of pyridine rings is 1. The zero-order chi connectivity index (χ0) is 24.6. The average molecular weight is 476 g/mol. The van der Waals surface area contributed by atoms with Crippen LogP contribution < -0.4 is 10.2 Å². The maximum atomic E-state index is 12.6. The first kappa shape index (κ1) is 22.4. The van der Waals surface area contributed by atoms with Crippen molar-refractivity contribution in [3.63, 3.8) is 0 Å². The number of rotatable bonds is 6. The number of carbonyl (C=O) groups excluding carboxylic acids is 1. The third kappa shape index (κ3) is 4.22. The highest BCUT2D eigenvalue weighted by Crippen LogP contribution is 2.43. The minimum Gasteiger partial charge on any atom is -0.465 e. The molecule has 0 saturated heterocycles. The molecule has 0 bridgehead atoms. The van der Waals surface area contributed by atoms with E-state index < -0.39 is 0 Å². The number of nitrogens with zero attached hydrogens (tertiary/aromatic N) is 2. The number of hydrogen-bond donors (Lipinski definition) is 1. The van der Waals surface area contributed by atoms with E-state index in [1.165, 1.54) is 35.1 Å². The van der Waals surface area contributed by atoms with Crippen molar-refractivity contribution in [3.05, 3.63) is 95.7 Å². The largest absolute Gasteiger partial charge is 0.465 e. The van der Waals surface area contributed by atoms with Crippen LogP contribution in [-0.4, -0.2) is 31.7 Å². The topological polar surface area (TPSA) is 54.5 Å². The molecule has 0 unspecified atom stereocenters. The second kappa shape index (κ2) is 9.15. The molecule has 2 heterocycles. The van der Waals surface area contributed by atoms with Gasteiger partial charge in [0.05, 0.1) is 7.11 Å². The molecule has 1 aliphatic carbocycles. The lowest BCUT2D eigenvalue weighted by Gasteiger charge is -2.20. The summed E-state index contributed by atoms with van der Waals surface area (Å²) in [7, 11) is 3.57. The zero-order valence-corrected chi connectivity index (χ0v) is 20.6. The van der Waals surface area contributed by atoms with Crippen LogP contribution in [0.3, 0.4) is 0 Å². The lowest BCUT2D eigenvalue weighted by Crippen LogP contribution is -2.13. The van der Waals surface area contributed by atoms with Crippen molar-refractivity contribution < 1.29 is 9.53 Å². The van der Waals surface area contributed by atoms with E-state index in [1.807, 2.05) is 18.3 Å². The molecule has 1 saturated carbocycles. The van der Waals surface area contributed by atoms with E-state index in [2.05, 4.69) is 82.9 Å². The Hall–Kier alpha value is -4.12. The lowest BCUT2D eigenvalue weighted by atomic mass is 9.95. The van der Waals surface area contributed by atoms with Gasteiger partial charge in [-0.2, -0.15) is 0 Å². The Bertz CT molecular complexity index is 1440. The van der Waals surface area contributed by atoms with E-state index in [0.29, 0.717) is 17.3 Å². The molecule has 1 N–H and O–H groups in total. The first-order valence-corrected chi connectivity index (χ1v) is 12.5. The van der Waals surface area contributed by atoms with Crippen LogP contribution in [0.2, 0.25) is 0 Å². The van der Waals surface area contributed by atoms with Crippen LogP contribution in [0.4, 0.5) is 17.2 Å². The quantitative estimate of drug-likeness (QED) is 0.310. The van der Waals surface area contributed by atoms with Crippen LogP contribution in [0.5, 0.6) is 0 Å². The van der Waals surface area contributed by atoms with Gasteiger partial charge in [-0.15, -0.1) is 0 Å². The maximum absolute atomic E-state index is 12.6. The summed E-state index contributed by atoms with van der Waals surface area (Å²) < 4.78 is 5.08. The predicted octanol–water partition coefficient (Wildman–Crippen LogP) is 6.82. The molecule has 0 spiro atoms. The van der Waals surface area contributed by atoms with Crippen LogP contribution in [-0.2, 0) is 11.2 Å². The molecule has 180 valence electrons. The van der Waals surface area contributed by atoms with Crippen LogP contribution >= 0.6 is 0 Å². The molecule has 1 fully saturated rings. The number of likely N-dealkylation sites (N-methyl/N-ethyl adjacent to an activating group) is 1. The summed E-state index contributed by atoms with van der Waals surface area (Å²) in [6, 6.07) is 25.4. The summed E-state index contributed by atoms with van der Waals surface area (Å²) in [4.78, 5) is 19.6. The first-order valence-electron chi connectivity index (χ1n) is 12.5. The van der Waals surface area contributed by atoms with Gasteiger partial charge in [0.2, 0.25) is 0 Å². The second-order valence-corrected chi connectivity index (χ2v) is 9.71. The normalized spacial score (nSPS) is 14.4. The Balaban J connectivity index is 1.42. The van der Waals surface area contributed by atoms with Gasteiger partial charge in [0.25, 0.3) is 0 Å². The van der Waals surface area contributed by atoms with Gasteiger partial charge in [-0.1, -0.05) is 48.5 Å². The Morgan fingerprint density at radius 1 is 0.972 bits per heavy atom. The fourth-order valence-electron chi connectivity index (χ4n) is 5.15. The number of aromatic nitrogens is 1. The van der Waals surface area contributed by atoms with Crippen molar-refractivity contribution in [2.45, 2.75) is 25.2 Å². The van der Waals surface area contributed by atoms with Crippen molar-refractivity contribution in [2.75, 3.05) is 30.9 Å². The number of anilines is 3. The summed E-state index contributed by atoms with van der Waals surface area (Å²) in [6.07, 6.45) is 5.17. The summed E-state index contributed by atoms with van der Waals surface area (Å²) in [5.74, 6) is 0.666. The Morgan fingerprint density at radius 2 is 1.75 bits per heavy atom. The number of fused-ring (bicyclic) bond motifs is 1. The molecule has 4 aromatic rings. The van der Waals surface area contributed by atoms with Gasteiger partial charge in [-0.25, -0.2) is 9.78 Å². The SMILES string of the molecule is COC(=O)c1cc(C2CC2)cnc1Nc1cc2c(c(-c3cccc(-c4ccccc4)c3)c1)N(C)CC2. The minimum absolute atomic E-state index is 0.371. The Morgan fingerprint density at radius 3 is 2.53 bits per heavy atom. The van der Waals surface area contributed by atoms with Gasteiger partial charge in [-0.05, 0) is 77.3 Å². The minimum atomic E-state index is -0.371. The smallest absolute Gasteiger partial charge is 0.341 e. The monoisotopic (exact) mass is 475 g/mol. The number of carbonyl (C=O) groups is 1. The highest BCUT2D eigenvalue weighted by Gasteiger charge is 2.27. The molecule has 0 atom stereocenters. The second-order valence-electron chi connectivity index (χ2n) is 9.71. The molecule has 6 rings (SSSR count). The number of hydrogen-bond acceptors (Lipinski definition) is 5. The van der Waals surface area contributed by atoms with E-state index in [-0.39, 0.29) is 5.97 Å². The van der Waals surface area contributed by atoms with E-state index in [1.54, 1.807) is 0 Å². The van der Waals surface area contributed by atoms with Crippen molar-refractivity contribution in [1.29, 1.82) is 0 Å². The number of esters is 1. The number of ether oxygens (including phenoxy) is 1. The fourth-order valence-corrected chi connectivity index (χ4v) is 5.15. The first-order chi connectivity index (χ1) is 17.6. The molecular weight excluding hydrogens is 446 g/mol. The molecule has 36 heavy (non-hydrogen) atoms. The number of methoxy groups -OCH3 is 1. The molecule has 1 aromatic heterocycles. The van der Waals surface area contributed by atoms with Crippen molar-refractivity contribution >= 4 is 23.2 Å². The molecule has 5 nitrogen and oxygen atoms in total. The van der Waals surface area contributed by atoms with Crippen molar-refractivity contribution in [3.8, 4) is 22.3 Å². The maximum Gasteiger partial charge on any atom is 0.341 e. The van der Waals surface area contributed by atoms with E-state index in [4.69, 9.17) is 4.74 Å². The van der Waals surface area contributed by atoms with Gasteiger partial charge >= 0.3 is 5.97 Å².